The van der Waals surface area contributed by atoms with E-state index in [0.717, 1.165) is 23.1 Å². The molecule has 1 fully saturated rings. The van der Waals surface area contributed by atoms with Crippen LogP contribution in [0.25, 0.3) is 10.2 Å². The quantitative estimate of drug-likeness (QED) is 0.542. The summed E-state index contributed by atoms with van der Waals surface area (Å²) in [7, 11) is 0. The lowest BCUT2D eigenvalue weighted by atomic mass is 9.87. The number of thiazole rings is 1. The lowest BCUT2D eigenvalue weighted by Gasteiger charge is -2.31. The second-order valence-corrected chi connectivity index (χ2v) is 9.77. The Balaban J connectivity index is 1.31. The monoisotopic (exact) mass is 445 g/mol. The van der Waals surface area contributed by atoms with Gasteiger partial charge in [0.05, 0.1) is 4.70 Å². The number of aromatic nitrogens is 1. The van der Waals surface area contributed by atoms with E-state index in [9.17, 15) is 13.6 Å². The van der Waals surface area contributed by atoms with Gasteiger partial charge in [-0.25, -0.2) is 13.6 Å². The van der Waals surface area contributed by atoms with Gasteiger partial charge in [0.1, 0.15) is 17.4 Å². The lowest BCUT2D eigenvalue weighted by Crippen LogP contribution is -2.43. The number of urea groups is 1. The second-order valence-electron chi connectivity index (χ2n) is 8.78. The number of piperidine rings is 1. The molecule has 0 bridgehead atoms. The fraction of sp³-hybridized carbons (Fsp3) is 0.391. The number of anilines is 1. The number of rotatable bonds is 3. The van der Waals surface area contributed by atoms with Gasteiger partial charge in [0.2, 0.25) is 0 Å². The molecule has 1 aliphatic rings. The number of carbonyl (C=O) groups is 1. The molecule has 4 rings (SSSR count). The minimum absolute atomic E-state index is 0.0631. The van der Waals surface area contributed by atoms with Gasteiger partial charge in [-0.05, 0) is 29.2 Å². The van der Waals surface area contributed by atoms with Crippen molar-refractivity contribution in [2.75, 3.05) is 18.4 Å². The molecule has 164 valence electrons. The number of halogens is 2. The number of carbonyl (C=O) groups excluding carboxylic acids is 1. The van der Waals surface area contributed by atoms with Crippen LogP contribution in [0.4, 0.5) is 19.3 Å². The van der Waals surface area contributed by atoms with Gasteiger partial charge in [-0.1, -0.05) is 44.2 Å². The molecule has 1 aliphatic heterocycles. The van der Waals surface area contributed by atoms with Gasteiger partial charge in [0, 0.05) is 37.7 Å². The van der Waals surface area contributed by atoms with Gasteiger partial charge < -0.3 is 15.0 Å². The van der Waals surface area contributed by atoms with Gasteiger partial charge in [-0.15, -0.1) is 0 Å². The van der Waals surface area contributed by atoms with Crippen molar-refractivity contribution in [3.8, 4) is 5.19 Å². The molecule has 0 aliphatic carbocycles. The molecule has 2 heterocycles. The Bertz CT molecular complexity index is 1080. The van der Waals surface area contributed by atoms with Crippen molar-refractivity contribution in [2.45, 2.75) is 45.1 Å². The Labute approximate surface area is 184 Å². The zero-order valence-corrected chi connectivity index (χ0v) is 18.6. The van der Waals surface area contributed by atoms with Crippen LogP contribution in [0.3, 0.4) is 0 Å². The molecule has 5 nitrogen and oxygen atoms in total. The van der Waals surface area contributed by atoms with E-state index in [1.807, 2.05) is 24.3 Å². The summed E-state index contributed by atoms with van der Waals surface area (Å²) in [4.78, 5) is 18.5. The predicted octanol–water partition coefficient (Wildman–Crippen LogP) is 5.95. The molecule has 0 spiro atoms. The van der Waals surface area contributed by atoms with Crippen LogP contribution in [0.15, 0.2) is 36.4 Å². The maximum Gasteiger partial charge on any atom is 0.321 e. The van der Waals surface area contributed by atoms with Crippen molar-refractivity contribution >= 4 is 33.3 Å². The van der Waals surface area contributed by atoms with E-state index in [2.05, 4.69) is 31.1 Å². The molecule has 1 N–H and O–H groups in total. The average molecular weight is 446 g/mol. The number of hydrogen-bond donors (Lipinski definition) is 1. The molecule has 0 unspecified atom stereocenters. The van der Waals surface area contributed by atoms with Crippen LogP contribution < -0.4 is 10.1 Å². The Kier molecular flexibility index (Phi) is 5.83. The standard InChI is InChI=1S/C23H25F2N3O2S/c1-23(2,3)14-4-6-16(7-5-14)26-21(29)28-10-8-17(9-11-28)30-22-27-20-18(25)12-15(24)13-19(20)31-22/h4-7,12-13,17H,8-11H2,1-3H3,(H,26,29). The van der Waals surface area contributed by atoms with Crippen molar-refractivity contribution in [1.29, 1.82) is 0 Å². The van der Waals surface area contributed by atoms with Crippen molar-refractivity contribution in [3.63, 3.8) is 0 Å². The zero-order valence-electron chi connectivity index (χ0n) is 17.7. The van der Waals surface area contributed by atoms with Crippen LogP contribution in [0.1, 0.15) is 39.2 Å². The number of nitrogens with zero attached hydrogens (tertiary/aromatic N) is 2. The molecule has 1 aromatic heterocycles. The Morgan fingerprint density at radius 1 is 1.16 bits per heavy atom. The largest absolute Gasteiger partial charge is 0.467 e. The van der Waals surface area contributed by atoms with E-state index >= 15 is 0 Å². The van der Waals surface area contributed by atoms with E-state index in [1.54, 1.807) is 4.90 Å². The highest BCUT2D eigenvalue weighted by atomic mass is 32.1. The first-order chi connectivity index (χ1) is 14.7. The molecule has 1 saturated heterocycles. The van der Waals surface area contributed by atoms with Crippen molar-refractivity contribution in [1.82, 2.24) is 9.88 Å². The van der Waals surface area contributed by atoms with E-state index in [1.165, 1.54) is 11.6 Å². The fourth-order valence-corrected chi connectivity index (χ4v) is 4.48. The highest BCUT2D eigenvalue weighted by Crippen LogP contribution is 2.32. The van der Waals surface area contributed by atoms with E-state index in [0.29, 0.717) is 35.8 Å². The Hall–Kier alpha value is -2.74. The first kappa shape index (κ1) is 21.5. The van der Waals surface area contributed by atoms with Gasteiger partial charge in [-0.2, -0.15) is 4.98 Å². The van der Waals surface area contributed by atoms with E-state index in [4.69, 9.17) is 4.74 Å². The number of ether oxygens (including phenoxy) is 1. The van der Waals surface area contributed by atoms with Crippen LogP contribution in [0.5, 0.6) is 5.19 Å². The van der Waals surface area contributed by atoms with Gasteiger partial charge in [0.15, 0.2) is 5.82 Å². The molecule has 0 atom stereocenters. The third-order valence-electron chi connectivity index (χ3n) is 5.39. The van der Waals surface area contributed by atoms with Crippen LogP contribution in [-0.2, 0) is 5.41 Å². The number of hydrogen-bond acceptors (Lipinski definition) is 4. The molecule has 2 aromatic carbocycles. The molecular formula is C23H25F2N3O2S. The average Bonchev–Trinajstić information content (AvgIpc) is 3.11. The first-order valence-corrected chi connectivity index (χ1v) is 11.1. The second kappa shape index (κ2) is 8.42. The number of benzene rings is 2. The Morgan fingerprint density at radius 3 is 2.48 bits per heavy atom. The number of fused-ring (bicyclic) bond motifs is 1. The maximum absolute atomic E-state index is 13.8. The molecule has 0 saturated carbocycles. The topological polar surface area (TPSA) is 54.5 Å². The van der Waals surface area contributed by atoms with Crippen LogP contribution in [0, 0.1) is 11.6 Å². The van der Waals surface area contributed by atoms with Crippen LogP contribution >= 0.6 is 11.3 Å². The fourth-order valence-electron chi connectivity index (χ4n) is 3.56. The van der Waals surface area contributed by atoms with Gasteiger partial charge >= 0.3 is 6.03 Å². The first-order valence-electron chi connectivity index (χ1n) is 10.3. The highest BCUT2D eigenvalue weighted by molar-refractivity contribution is 7.20. The van der Waals surface area contributed by atoms with Crippen LogP contribution in [0.2, 0.25) is 0 Å². The van der Waals surface area contributed by atoms with Gasteiger partial charge in [-0.3, -0.25) is 0 Å². The summed E-state index contributed by atoms with van der Waals surface area (Å²) in [5.41, 5.74) is 2.16. The van der Waals surface area contributed by atoms with Crippen molar-refractivity contribution < 1.29 is 18.3 Å². The minimum atomic E-state index is -0.692. The molecule has 2 amide bonds. The number of likely N-dealkylation sites (tertiary alicyclic amines) is 1. The summed E-state index contributed by atoms with van der Waals surface area (Å²) in [5, 5.41) is 3.26. The summed E-state index contributed by atoms with van der Waals surface area (Å²) in [6.07, 6.45) is 1.16. The summed E-state index contributed by atoms with van der Waals surface area (Å²) in [6, 6.07) is 9.83. The molecule has 0 radical (unpaired) electrons. The lowest BCUT2D eigenvalue weighted by molar-refractivity contribution is 0.115. The minimum Gasteiger partial charge on any atom is -0.467 e. The summed E-state index contributed by atoms with van der Waals surface area (Å²) in [5.74, 6) is -1.32. The summed E-state index contributed by atoms with van der Waals surface area (Å²) < 4.78 is 33.5. The normalized spacial score (nSPS) is 15.3. The van der Waals surface area contributed by atoms with E-state index < -0.39 is 11.6 Å². The molecule has 3 aromatic rings. The van der Waals surface area contributed by atoms with E-state index in [-0.39, 0.29) is 23.1 Å². The maximum atomic E-state index is 13.8. The summed E-state index contributed by atoms with van der Waals surface area (Å²) >= 11 is 1.12. The molecule has 31 heavy (non-hydrogen) atoms. The third-order valence-corrected chi connectivity index (χ3v) is 6.29. The SMILES string of the molecule is CC(C)(C)c1ccc(NC(=O)N2CCC(Oc3nc4c(F)cc(F)cc4s3)CC2)cc1. The van der Waals surface area contributed by atoms with Crippen molar-refractivity contribution in [2.24, 2.45) is 0 Å². The van der Waals surface area contributed by atoms with Gasteiger partial charge in [0.25, 0.3) is 5.19 Å². The number of nitrogens with one attached hydrogen (secondary N) is 1. The molecular weight excluding hydrogens is 420 g/mol. The third kappa shape index (κ3) is 4.95. The van der Waals surface area contributed by atoms with Crippen molar-refractivity contribution in [3.05, 3.63) is 53.6 Å². The highest BCUT2D eigenvalue weighted by Gasteiger charge is 2.25. The van der Waals surface area contributed by atoms with Crippen LogP contribution in [-0.4, -0.2) is 35.1 Å². The zero-order chi connectivity index (χ0) is 22.2. The predicted molar refractivity (Wildman–Crippen MR) is 119 cm³/mol. The smallest absolute Gasteiger partial charge is 0.321 e. The molecule has 8 heteroatoms. The number of amides is 2. The summed E-state index contributed by atoms with van der Waals surface area (Å²) in [6.45, 7) is 7.54. The Morgan fingerprint density at radius 2 is 1.84 bits per heavy atom.